The smallest absolute Gasteiger partial charge is 0.294 e. The summed E-state index contributed by atoms with van der Waals surface area (Å²) in [5.74, 6) is -0.398. The fraction of sp³-hybridized carbons (Fsp3) is 0.462. The average molecular weight is 315 g/mol. The second-order valence-corrected chi connectivity index (χ2v) is 5.32. The lowest BCUT2D eigenvalue weighted by molar-refractivity contribution is -0.383. The summed E-state index contributed by atoms with van der Waals surface area (Å²) in [4.78, 5) is 24.2. The number of unbranched alkanes of at least 4 members (excludes halogenated alkanes) is 1. The molecule has 21 heavy (non-hydrogen) atoms. The first-order chi connectivity index (χ1) is 9.82. The number of halogens is 1. The van der Waals surface area contributed by atoms with Crippen LogP contribution in [-0.4, -0.2) is 42.9 Å². The van der Waals surface area contributed by atoms with Crippen LogP contribution in [-0.2, 0) is 0 Å². The number of rotatable bonds is 7. The molecule has 3 N–H and O–H groups in total. The van der Waals surface area contributed by atoms with Crippen LogP contribution in [0.5, 0.6) is 0 Å². The van der Waals surface area contributed by atoms with E-state index in [2.05, 4.69) is 10.2 Å². The molecule has 0 aromatic heterocycles. The fourth-order valence-corrected chi connectivity index (χ4v) is 1.96. The van der Waals surface area contributed by atoms with E-state index in [0.717, 1.165) is 25.5 Å². The van der Waals surface area contributed by atoms with Crippen molar-refractivity contribution in [3.05, 3.63) is 32.8 Å². The number of benzene rings is 1. The van der Waals surface area contributed by atoms with Gasteiger partial charge in [-0.05, 0) is 39.5 Å². The molecule has 0 atom stereocenters. The van der Waals surface area contributed by atoms with Crippen molar-refractivity contribution in [1.82, 2.24) is 10.2 Å². The Labute approximate surface area is 128 Å². The SMILES string of the molecule is CN(C)CCCCNC(=O)c1cc(Cl)c(N)c([N+](=O)[O-])c1. The summed E-state index contributed by atoms with van der Waals surface area (Å²) < 4.78 is 0. The number of carbonyl (C=O) groups excluding carboxylic acids is 1. The number of hydrogen-bond donors (Lipinski definition) is 2. The van der Waals surface area contributed by atoms with Gasteiger partial charge in [0.15, 0.2) is 0 Å². The van der Waals surface area contributed by atoms with Gasteiger partial charge in [-0.1, -0.05) is 11.6 Å². The molecule has 0 fully saturated rings. The molecule has 0 heterocycles. The largest absolute Gasteiger partial charge is 0.392 e. The molecular weight excluding hydrogens is 296 g/mol. The van der Waals surface area contributed by atoms with Crippen LogP contribution in [0.4, 0.5) is 11.4 Å². The van der Waals surface area contributed by atoms with Crippen LogP contribution in [0.25, 0.3) is 0 Å². The Morgan fingerprint density at radius 2 is 2.10 bits per heavy atom. The highest BCUT2D eigenvalue weighted by atomic mass is 35.5. The molecule has 8 heteroatoms. The molecule has 7 nitrogen and oxygen atoms in total. The van der Waals surface area contributed by atoms with Gasteiger partial charge in [0.2, 0.25) is 0 Å². The van der Waals surface area contributed by atoms with Gasteiger partial charge in [0, 0.05) is 18.2 Å². The van der Waals surface area contributed by atoms with Crippen LogP contribution in [0, 0.1) is 10.1 Å². The summed E-state index contributed by atoms with van der Waals surface area (Å²) in [6.07, 6.45) is 1.78. The molecule has 1 rings (SSSR count). The molecule has 1 amide bonds. The molecule has 0 saturated heterocycles. The minimum absolute atomic E-state index is 0.00181. The van der Waals surface area contributed by atoms with Crippen molar-refractivity contribution in [2.75, 3.05) is 32.9 Å². The predicted octanol–water partition coefficient (Wildman–Crippen LogP) is 1.90. The third kappa shape index (κ3) is 5.20. The fourth-order valence-electron chi connectivity index (χ4n) is 1.74. The van der Waals surface area contributed by atoms with Crippen LogP contribution >= 0.6 is 11.6 Å². The van der Waals surface area contributed by atoms with Crippen molar-refractivity contribution in [1.29, 1.82) is 0 Å². The maximum atomic E-state index is 11.9. The van der Waals surface area contributed by atoms with Gasteiger partial charge in [-0.15, -0.1) is 0 Å². The van der Waals surface area contributed by atoms with Crippen molar-refractivity contribution in [2.24, 2.45) is 0 Å². The molecule has 1 aromatic rings. The van der Waals surface area contributed by atoms with Crippen molar-refractivity contribution in [3.8, 4) is 0 Å². The van der Waals surface area contributed by atoms with E-state index in [0.29, 0.717) is 6.54 Å². The Kier molecular flexibility index (Phi) is 6.39. The first kappa shape index (κ1) is 17.2. The van der Waals surface area contributed by atoms with E-state index in [4.69, 9.17) is 17.3 Å². The Morgan fingerprint density at radius 3 is 2.67 bits per heavy atom. The Morgan fingerprint density at radius 1 is 1.43 bits per heavy atom. The molecule has 0 radical (unpaired) electrons. The quantitative estimate of drug-likeness (QED) is 0.346. The van der Waals surface area contributed by atoms with Crippen LogP contribution in [0.15, 0.2) is 12.1 Å². The highest BCUT2D eigenvalue weighted by molar-refractivity contribution is 6.34. The van der Waals surface area contributed by atoms with E-state index in [-0.39, 0.29) is 22.0 Å². The first-order valence-electron chi connectivity index (χ1n) is 6.49. The number of carbonyl (C=O) groups is 1. The number of nitro benzene ring substituents is 1. The summed E-state index contributed by atoms with van der Waals surface area (Å²) >= 11 is 5.81. The predicted molar refractivity (Wildman–Crippen MR) is 82.6 cm³/mol. The lowest BCUT2D eigenvalue weighted by Crippen LogP contribution is -2.25. The highest BCUT2D eigenvalue weighted by Crippen LogP contribution is 2.30. The van der Waals surface area contributed by atoms with Gasteiger partial charge >= 0.3 is 0 Å². The lowest BCUT2D eigenvalue weighted by atomic mass is 10.1. The second-order valence-electron chi connectivity index (χ2n) is 4.91. The molecule has 0 aliphatic heterocycles. The summed E-state index contributed by atoms with van der Waals surface area (Å²) in [6, 6.07) is 2.47. The molecule has 0 spiro atoms. The van der Waals surface area contributed by atoms with Crippen molar-refractivity contribution >= 4 is 28.9 Å². The van der Waals surface area contributed by atoms with Crippen LogP contribution in [0.2, 0.25) is 5.02 Å². The highest BCUT2D eigenvalue weighted by Gasteiger charge is 2.19. The second kappa shape index (κ2) is 7.80. The zero-order valence-corrected chi connectivity index (χ0v) is 12.8. The van der Waals surface area contributed by atoms with E-state index in [9.17, 15) is 14.9 Å². The average Bonchev–Trinajstić information content (AvgIpc) is 2.40. The molecular formula is C13H19ClN4O3. The molecule has 116 valence electrons. The van der Waals surface area contributed by atoms with Gasteiger partial charge < -0.3 is 16.0 Å². The van der Waals surface area contributed by atoms with E-state index in [1.165, 1.54) is 6.07 Å². The van der Waals surface area contributed by atoms with E-state index in [1.807, 2.05) is 14.1 Å². The van der Waals surface area contributed by atoms with Gasteiger partial charge in [0.25, 0.3) is 11.6 Å². The summed E-state index contributed by atoms with van der Waals surface area (Å²) in [5, 5.41) is 13.6. The molecule has 0 saturated carbocycles. The minimum Gasteiger partial charge on any atom is -0.392 e. The van der Waals surface area contributed by atoms with Crippen molar-refractivity contribution in [3.63, 3.8) is 0 Å². The van der Waals surface area contributed by atoms with Gasteiger partial charge in [0.05, 0.1) is 9.95 Å². The number of nitro groups is 1. The summed E-state index contributed by atoms with van der Waals surface area (Å²) in [5.41, 5.74) is 5.15. The van der Waals surface area contributed by atoms with Gasteiger partial charge in [0.1, 0.15) is 5.69 Å². The monoisotopic (exact) mass is 314 g/mol. The number of anilines is 1. The first-order valence-corrected chi connectivity index (χ1v) is 6.87. The minimum atomic E-state index is -0.658. The number of nitrogens with zero attached hydrogens (tertiary/aromatic N) is 2. The number of amides is 1. The molecule has 0 aliphatic carbocycles. The third-order valence-electron chi connectivity index (χ3n) is 2.88. The van der Waals surface area contributed by atoms with Crippen molar-refractivity contribution < 1.29 is 9.72 Å². The molecule has 0 aliphatic rings. The van der Waals surface area contributed by atoms with E-state index in [1.54, 1.807) is 0 Å². The Bertz CT molecular complexity index is 534. The van der Waals surface area contributed by atoms with Gasteiger partial charge in [-0.25, -0.2) is 0 Å². The zero-order valence-electron chi connectivity index (χ0n) is 12.1. The third-order valence-corrected chi connectivity index (χ3v) is 3.20. The van der Waals surface area contributed by atoms with Crippen LogP contribution in [0.1, 0.15) is 23.2 Å². The van der Waals surface area contributed by atoms with Crippen LogP contribution in [0.3, 0.4) is 0 Å². The standard InChI is InChI=1S/C13H19ClN4O3/c1-17(2)6-4-3-5-16-13(19)9-7-10(14)12(15)11(8-9)18(20)21/h7-8H,3-6,15H2,1-2H3,(H,16,19). The number of nitrogens with one attached hydrogen (secondary N) is 1. The Hall–Kier alpha value is -1.86. The molecule has 0 bridgehead atoms. The molecule has 1 aromatic carbocycles. The van der Waals surface area contributed by atoms with E-state index >= 15 is 0 Å². The topological polar surface area (TPSA) is 102 Å². The van der Waals surface area contributed by atoms with Crippen molar-refractivity contribution in [2.45, 2.75) is 12.8 Å². The maximum absolute atomic E-state index is 11.9. The summed E-state index contributed by atoms with van der Waals surface area (Å²) in [7, 11) is 3.96. The normalized spacial score (nSPS) is 10.7. The Balaban J connectivity index is 2.64. The van der Waals surface area contributed by atoms with Crippen LogP contribution < -0.4 is 11.1 Å². The maximum Gasteiger partial charge on any atom is 0.294 e. The van der Waals surface area contributed by atoms with Gasteiger partial charge in [-0.3, -0.25) is 14.9 Å². The van der Waals surface area contributed by atoms with E-state index < -0.39 is 10.8 Å². The molecule has 0 unspecified atom stereocenters. The number of nitrogen functional groups attached to an aromatic ring is 1. The number of nitrogens with two attached hydrogens (primary N) is 1. The zero-order chi connectivity index (χ0) is 16.0. The van der Waals surface area contributed by atoms with Gasteiger partial charge in [-0.2, -0.15) is 0 Å². The lowest BCUT2D eigenvalue weighted by Gasteiger charge is -2.10. The summed E-state index contributed by atoms with van der Waals surface area (Å²) in [6.45, 7) is 1.44. The number of hydrogen-bond acceptors (Lipinski definition) is 5.